The molecule has 10 heteroatoms. The highest BCUT2D eigenvalue weighted by Crippen LogP contribution is 2.23. The van der Waals surface area contributed by atoms with Crippen LogP contribution in [0.3, 0.4) is 0 Å². The lowest BCUT2D eigenvalue weighted by molar-refractivity contribution is -0.113. The third-order valence-corrected chi connectivity index (χ3v) is 5.16. The first kappa shape index (κ1) is 17.3. The van der Waals surface area contributed by atoms with Crippen LogP contribution in [0.4, 0.5) is 5.95 Å². The molecule has 0 unspecified atom stereocenters. The lowest BCUT2D eigenvalue weighted by Crippen LogP contribution is -2.15. The van der Waals surface area contributed by atoms with E-state index in [0.29, 0.717) is 11.1 Å². The van der Waals surface area contributed by atoms with E-state index in [1.54, 1.807) is 4.68 Å². The predicted molar refractivity (Wildman–Crippen MR) is 104 cm³/mol. The molecule has 1 N–H and O–H groups in total. The zero-order valence-corrected chi connectivity index (χ0v) is 15.5. The number of hydrogen-bond donors (Lipinski definition) is 1. The molecule has 2 aromatic heterocycles. The van der Waals surface area contributed by atoms with Crippen molar-refractivity contribution in [2.75, 3.05) is 11.1 Å². The Morgan fingerprint density at radius 2 is 1.81 bits per heavy atom. The molecule has 1 amide bonds. The zero-order chi connectivity index (χ0) is 18.5. The summed E-state index contributed by atoms with van der Waals surface area (Å²) in [7, 11) is 0. The first-order chi connectivity index (χ1) is 13.3. The van der Waals surface area contributed by atoms with Gasteiger partial charge in [0, 0.05) is 5.56 Å². The fourth-order valence-electron chi connectivity index (χ4n) is 2.26. The number of carbonyl (C=O) groups excluding carboxylic acids is 1. The summed E-state index contributed by atoms with van der Waals surface area (Å²) in [5.74, 6) is 0.222. The van der Waals surface area contributed by atoms with Crippen molar-refractivity contribution in [2.24, 2.45) is 0 Å². The van der Waals surface area contributed by atoms with Crippen molar-refractivity contribution in [1.29, 1.82) is 0 Å². The summed E-state index contributed by atoms with van der Waals surface area (Å²) in [5, 5.41) is 15.6. The molecule has 0 saturated heterocycles. The maximum Gasteiger partial charge on any atom is 0.241 e. The molecule has 0 aliphatic rings. The second-order valence-electron chi connectivity index (χ2n) is 5.33. The van der Waals surface area contributed by atoms with Gasteiger partial charge in [-0.15, -0.1) is 5.10 Å². The normalized spacial score (nSPS) is 10.7. The van der Waals surface area contributed by atoms with Gasteiger partial charge < -0.3 is 0 Å². The molecule has 0 aliphatic carbocycles. The van der Waals surface area contributed by atoms with Gasteiger partial charge in [0.2, 0.25) is 17.0 Å². The van der Waals surface area contributed by atoms with Crippen molar-refractivity contribution < 1.29 is 4.79 Å². The first-order valence-corrected chi connectivity index (χ1v) is 9.71. The van der Waals surface area contributed by atoms with Crippen molar-refractivity contribution in [3.8, 4) is 16.3 Å². The third-order valence-electron chi connectivity index (χ3n) is 3.47. The smallest absolute Gasteiger partial charge is 0.241 e. The van der Waals surface area contributed by atoms with Crippen LogP contribution in [-0.4, -0.2) is 41.2 Å². The van der Waals surface area contributed by atoms with Crippen molar-refractivity contribution in [1.82, 2.24) is 29.6 Å². The second kappa shape index (κ2) is 8.06. The van der Waals surface area contributed by atoms with Crippen LogP contribution in [0.15, 0.2) is 65.8 Å². The van der Waals surface area contributed by atoms with Crippen LogP contribution in [0.1, 0.15) is 0 Å². The summed E-state index contributed by atoms with van der Waals surface area (Å²) >= 11 is 2.48. The van der Waals surface area contributed by atoms with Crippen molar-refractivity contribution >= 4 is 35.1 Å². The number of para-hydroxylation sites is 1. The van der Waals surface area contributed by atoms with E-state index in [9.17, 15) is 4.79 Å². The Hall–Kier alpha value is -3.11. The molecule has 0 radical (unpaired) electrons. The molecule has 8 nitrogen and oxygen atoms in total. The summed E-state index contributed by atoms with van der Waals surface area (Å²) in [6, 6.07) is 19.2. The van der Waals surface area contributed by atoms with Crippen LogP contribution in [0.5, 0.6) is 0 Å². The summed E-state index contributed by atoms with van der Waals surface area (Å²) in [5.41, 5.74) is 1.80. The number of aromatic nitrogens is 6. The minimum absolute atomic E-state index is 0.146. The average Bonchev–Trinajstić information content (AvgIpc) is 3.37. The molecule has 134 valence electrons. The number of rotatable bonds is 6. The number of tetrazole rings is 1. The zero-order valence-electron chi connectivity index (χ0n) is 13.9. The third kappa shape index (κ3) is 4.18. The standard InChI is InChI=1S/C17H13N7OS2/c25-14(18-16-19-15(27-21-16)12-7-3-1-4-8-12)11-26-17-20-22-23-24(17)13-9-5-2-6-10-13/h1-10H,11H2,(H,18,21,25). The maximum absolute atomic E-state index is 12.2. The van der Waals surface area contributed by atoms with Gasteiger partial charge in [-0.3, -0.25) is 10.1 Å². The number of thioether (sulfide) groups is 1. The van der Waals surface area contributed by atoms with E-state index in [4.69, 9.17) is 0 Å². The molecule has 0 atom stereocenters. The molecule has 0 aliphatic heterocycles. The average molecular weight is 395 g/mol. The Morgan fingerprint density at radius 1 is 1.07 bits per heavy atom. The molecule has 0 spiro atoms. The molecule has 4 aromatic rings. The summed E-state index contributed by atoms with van der Waals surface area (Å²) in [6.07, 6.45) is 0. The molecular weight excluding hydrogens is 382 g/mol. The monoisotopic (exact) mass is 395 g/mol. The Kier molecular flexibility index (Phi) is 5.17. The topological polar surface area (TPSA) is 98.5 Å². The van der Waals surface area contributed by atoms with Crippen molar-refractivity contribution in [3.63, 3.8) is 0 Å². The lowest BCUT2D eigenvalue weighted by atomic mass is 10.2. The van der Waals surface area contributed by atoms with Gasteiger partial charge >= 0.3 is 0 Å². The minimum Gasteiger partial charge on any atom is -0.293 e. The maximum atomic E-state index is 12.2. The molecule has 2 heterocycles. The van der Waals surface area contributed by atoms with Crippen LogP contribution in [0, 0.1) is 0 Å². The van der Waals surface area contributed by atoms with Gasteiger partial charge in [0.1, 0.15) is 5.01 Å². The fraction of sp³-hybridized carbons (Fsp3) is 0.0588. The van der Waals surface area contributed by atoms with E-state index in [0.717, 1.165) is 16.3 Å². The van der Waals surface area contributed by atoms with Gasteiger partial charge in [-0.1, -0.05) is 60.3 Å². The molecule has 2 aromatic carbocycles. The second-order valence-corrected chi connectivity index (χ2v) is 7.03. The number of amides is 1. The number of carbonyl (C=O) groups is 1. The van der Waals surface area contributed by atoms with E-state index in [-0.39, 0.29) is 11.7 Å². The van der Waals surface area contributed by atoms with E-state index in [1.807, 2.05) is 60.7 Å². The van der Waals surface area contributed by atoms with E-state index in [2.05, 4.69) is 30.2 Å². The molecule has 4 rings (SSSR count). The van der Waals surface area contributed by atoms with E-state index < -0.39 is 0 Å². The fourth-order valence-corrected chi connectivity index (χ4v) is 3.58. The number of benzene rings is 2. The molecule has 27 heavy (non-hydrogen) atoms. The highest BCUT2D eigenvalue weighted by atomic mass is 32.2. The Morgan fingerprint density at radius 3 is 2.59 bits per heavy atom. The van der Waals surface area contributed by atoms with Crippen LogP contribution in [-0.2, 0) is 4.79 Å². The lowest BCUT2D eigenvalue weighted by Gasteiger charge is -2.03. The predicted octanol–water partition coefficient (Wildman–Crippen LogP) is 2.91. The minimum atomic E-state index is -0.222. The number of nitrogens with one attached hydrogen (secondary N) is 1. The highest BCUT2D eigenvalue weighted by Gasteiger charge is 2.13. The summed E-state index contributed by atoms with van der Waals surface area (Å²) in [4.78, 5) is 16.6. The van der Waals surface area contributed by atoms with Gasteiger partial charge in [-0.2, -0.15) is 14.0 Å². The summed E-state index contributed by atoms with van der Waals surface area (Å²) in [6.45, 7) is 0. The molecule has 0 bridgehead atoms. The first-order valence-electron chi connectivity index (χ1n) is 7.95. The largest absolute Gasteiger partial charge is 0.293 e. The van der Waals surface area contributed by atoms with Crippen LogP contribution in [0.25, 0.3) is 16.3 Å². The van der Waals surface area contributed by atoms with Crippen LogP contribution >= 0.6 is 23.3 Å². The van der Waals surface area contributed by atoms with E-state index in [1.165, 1.54) is 23.3 Å². The van der Waals surface area contributed by atoms with Crippen molar-refractivity contribution in [3.05, 3.63) is 60.7 Å². The molecule has 0 saturated carbocycles. The number of anilines is 1. The van der Waals surface area contributed by atoms with Crippen LogP contribution in [0.2, 0.25) is 0 Å². The Bertz CT molecular complexity index is 1030. The van der Waals surface area contributed by atoms with Crippen LogP contribution < -0.4 is 5.32 Å². The highest BCUT2D eigenvalue weighted by molar-refractivity contribution is 7.99. The number of hydrogen-bond acceptors (Lipinski definition) is 8. The van der Waals surface area contributed by atoms with Gasteiger partial charge in [0.05, 0.1) is 11.4 Å². The number of nitrogens with zero attached hydrogens (tertiary/aromatic N) is 6. The van der Waals surface area contributed by atoms with E-state index >= 15 is 0 Å². The Balaban J connectivity index is 1.37. The molecular formula is C17H13N7OS2. The van der Waals surface area contributed by atoms with Gasteiger partial charge in [-0.25, -0.2) is 0 Å². The SMILES string of the molecule is O=C(CSc1nnnn1-c1ccccc1)Nc1nsc(-c2ccccc2)n1. The Labute approximate surface area is 162 Å². The van der Waals surface area contributed by atoms with Gasteiger partial charge in [0.15, 0.2) is 0 Å². The van der Waals surface area contributed by atoms with Crippen molar-refractivity contribution in [2.45, 2.75) is 5.16 Å². The molecule has 0 fully saturated rings. The van der Waals surface area contributed by atoms with Gasteiger partial charge in [-0.05, 0) is 34.1 Å². The quantitative estimate of drug-likeness (QED) is 0.501. The summed E-state index contributed by atoms with van der Waals surface area (Å²) < 4.78 is 5.78. The van der Waals surface area contributed by atoms with Gasteiger partial charge in [0.25, 0.3) is 0 Å².